The molecule has 0 atom stereocenters. The summed E-state index contributed by atoms with van der Waals surface area (Å²) in [7, 11) is -1.07. The van der Waals surface area contributed by atoms with Gasteiger partial charge in [0.25, 0.3) is 0 Å². The van der Waals surface area contributed by atoms with Gasteiger partial charge in [-0.2, -0.15) is 4.31 Å². The Morgan fingerprint density at radius 1 is 1.12 bits per heavy atom. The number of sulfonamides is 1. The van der Waals surface area contributed by atoms with Gasteiger partial charge in [-0.25, -0.2) is 8.42 Å². The quantitative estimate of drug-likeness (QED) is 0.857. The zero-order valence-electron chi connectivity index (χ0n) is 14.7. The van der Waals surface area contributed by atoms with Gasteiger partial charge in [-0.15, -0.1) is 0 Å². The molecule has 0 saturated carbocycles. The van der Waals surface area contributed by atoms with Crippen molar-refractivity contribution in [2.75, 3.05) is 26.0 Å². The Labute approximate surface area is 148 Å². The van der Waals surface area contributed by atoms with E-state index in [4.69, 9.17) is 4.74 Å². The van der Waals surface area contributed by atoms with Gasteiger partial charge in [-0.05, 0) is 49.2 Å². The lowest BCUT2D eigenvalue weighted by Gasteiger charge is -2.19. The first-order valence-corrected chi connectivity index (χ1v) is 9.15. The highest BCUT2D eigenvalue weighted by atomic mass is 32.2. The number of nitrogens with zero attached hydrogens (tertiary/aromatic N) is 1. The van der Waals surface area contributed by atoms with Gasteiger partial charge in [0.1, 0.15) is 10.6 Å². The van der Waals surface area contributed by atoms with Crippen LogP contribution in [0.2, 0.25) is 0 Å². The molecule has 0 bridgehead atoms. The number of carbonyl (C=O) groups excluding carboxylic acids is 1. The third-order valence-electron chi connectivity index (χ3n) is 3.68. The van der Waals surface area contributed by atoms with Crippen LogP contribution in [0.4, 0.5) is 5.69 Å². The van der Waals surface area contributed by atoms with Gasteiger partial charge in [0.05, 0.1) is 13.7 Å². The SMILES string of the molecule is COc1ccc(C)cc1S(=O)(=O)N(C)CC(=O)Nc1cccc(C)c1. The number of hydrogen-bond donors (Lipinski definition) is 1. The first kappa shape index (κ1) is 19.0. The number of aryl methyl sites for hydroxylation is 2. The molecule has 1 N–H and O–H groups in total. The number of methoxy groups -OCH3 is 1. The smallest absolute Gasteiger partial charge is 0.246 e. The minimum Gasteiger partial charge on any atom is -0.495 e. The van der Waals surface area contributed by atoms with E-state index in [-0.39, 0.29) is 17.2 Å². The Bertz CT molecular complexity index is 878. The normalized spacial score (nSPS) is 11.4. The summed E-state index contributed by atoms with van der Waals surface area (Å²) in [4.78, 5) is 12.2. The molecule has 7 heteroatoms. The highest BCUT2D eigenvalue weighted by molar-refractivity contribution is 7.89. The van der Waals surface area contributed by atoms with Gasteiger partial charge in [-0.3, -0.25) is 4.79 Å². The molecule has 0 unspecified atom stereocenters. The van der Waals surface area contributed by atoms with E-state index < -0.39 is 15.9 Å². The van der Waals surface area contributed by atoms with Gasteiger partial charge in [0.2, 0.25) is 15.9 Å². The summed E-state index contributed by atoms with van der Waals surface area (Å²) < 4.78 is 31.7. The number of benzene rings is 2. The summed E-state index contributed by atoms with van der Waals surface area (Å²) in [5, 5.41) is 2.70. The van der Waals surface area contributed by atoms with Crippen LogP contribution in [0.25, 0.3) is 0 Å². The predicted molar refractivity (Wildman–Crippen MR) is 97.4 cm³/mol. The number of anilines is 1. The molecular weight excluding hydrogens is 340 g/mol. The van der Waals surface area contributed by atoms with Crippen LogP contribution in [-0.2, 0) is 14.8 Å². The summed E-state index contributed by atoms with van der Waals surface area (Å²) in [6.45, 7) is 3.41. The van der Waals surface area contributed by atoms with E-state index >= 15 is 0 Å². The predicted octanol–water partition coefficient (Wildman–Crippen LogP) is 2.57. The van der Waals surface area contributed by atoms with Gasteiger partial charge in [0, 0.05) is 12.7 Å². The van der Waals surface area contributed by atoms with Gasteiger partial charge < -0.3 is 10.1 Å². The second-order valence-corrected chi connectivity index (χ2v) is 7.85. The standard InChI is InChI=1S/C18H22N2O4S/c1-13-6-5-7-15(10-13)19-18(21)12-20(3)25(22,23)17-11-14(2)8-9-16(17)24-4/h5-11H,12H2,1-4H3,(H,19,21). The minimum atomic E-state index is -3.85. The van der Waals surface area contributed by atoms with Crippen molar-refractivity contribution >= 4 is 21.6 Å². The number of nitrogens with one attached hydrogen (secondary N) is 1. The number of rotatable bonds is 6. The molecule has 0 spiro atoms. The molecule has 134 valence electrons. The van der Waals surface area contributed by atoms with E-state index in [9.17, 15) is 13.2 Å². The highest BCUT2D eigenvalue weighted by Crippen LogP contribution is 2.27. The second kappa shape index (κ2) is 7.67. The van der Waals surface area contributed by atoms with Crippen molar-refractivity contribution in [3.8, 4) is 5.75 Å². The van der Waals surface area contributed by atoms with Crippen LogP contribution in [-0.4, -0.2) is 39.3 Å². The fourth-order valence-electron chi connectivity index (χ4n) is 2.36. The Hall–Kier alpha value is -2.38. The zero-order chi connectivity index (χ0) is 18.6. The van der Waals surface area contributed by atoms with Crippen LogP contribution in [0, 0.1) is 13.8 Å². The zero-order valence-corrected chi connectivity index (χ0v) is 15.6. The molecule has 2 rings (SSSR count). The maximum Gasteiger partial charge on any atom is 0.246 e. The summed E-state index contributed by atoms with van der Waals surface area (Å²) in [6.07, 6.45) is 0. The van der Waals surface area contributed by atoms with Crippen molar-refractivity contribution in [2.45, 2.75) is 18.7 Å². The Balaban J connectivity index is 2.17. The first-order chi connectivity index (χ1) is 11.7. The maximum atomic E-state index is 12.8. The lowest BCUT2D eigenvalue weighted by Crippen LogP contribution is -2.35. The average molecular weight is 362 g/mol. The number of hydrogen-bond acceptors (Lipinski definition) is 4. The van der Waals surface area contributed by atoms with Crippen LogP contribution < -0.4 is 10.1 Å². The molecule has 0 saturated heterocycles. The van der Waals surface area contributed by atoms with Crippen molar-refractivity contribution < 1.29 is 17.9 Å². The van der Waals surface area contributed by atoms with Gasteiger partial charge >= 0.3 is 0 Å². The topological polar surface area (TPSA) is 75.7 Å². The van der Waals surface area contributed by atoms with E-state index in [1.54, 1.807) is 25.1 Å². The van der Waals surface area contributed by atoms with Crippen molar-refractivity contribution in [2.24, 2.45) is 0 Å². The highest BCUT2D eigenvalue weighted by Gasteiger charge is 2.26. The van der Waals surface area contributed by atoms with Crippen molar-refractivity contribution in [1.82, 2.24) is 4.31 Å². The molecule has 0 radical (unpaired) electrons. The van der Waals surface area contributed by atoms with Crippen molar-refractivity contribution in [1.29, 1.82) is 0 Å². The molecule has 0 heterocycles. The molecular formula is C18H22N2O4S. The van der Waals surface area contributed by atoms with Crippen LogP contribution in [0.3, 0.4) is 0 Å². The fraction of sp³-hybridized carbons (Fsp3) is 0.278. The molecule has 0 fully saturated rings. The summed E-state index contributed by atoms with van der Waals surface area (Å²) in [5.74, 6) is -0.167. The minimum absolute atomic E-state index is 0.0425. The summed E-state index contributed by atoms with van der Waals surface area (Å²) in [6, 6.07) is 12.2. The summed E-state index contributed by atoms with van der Waals surface area (Å²) in [5.41, 5.74) is 2.42. The van der Waals surface area contributed by atoms with Gasteiger partial charge in [-0.1, -0.05) is 18.2 Å². The Kier molecular flexibility index (Phi) is 5.81. The molecule has 0 aliphatic carbocycles. The number of likely N-dealkylation sites (N-methyl/N-ethyl adjacent to an activating group) is 1. The molecule has 0 aromatic heterocycles. The molecule has 1 amide bonds. The third kappa shape index (κ3) is 4.58. The summed E-state index contributed by atoms with van der Waals surface area (Å²) >= 11 is 0. The van der Waals surface area contributed by atoms with E-state index in [1.807, 2.05) is 25.1 Å². The number of carbonyl (C=O) groups is 1. The van der Waals surface area contributed by atoms with E-state index in [2.05, 4.69) is 5.32 Å². The largest absolute Gasteiger partial charge is 0.495 e. The first-order valence-electron chi connectivity index (χ1n) is 7.71. The van der Waals surface area contributed by atoms with E-state index in [0.717, 1.165) is 15.4 Å². The van der Waals surface area contributed by atoms with Crippen LogP contribution in [0.15, 0.2) is 47.4 Å². The molecule has 2 aromatic rings. The van der Waals surface area contributed by atoms with E-state index in [1.165, 1.54) is 20.2 Å². The number of amides is 1. The maximum absolute atomic E-state index is 12.8. The Morgan fingerprint density at radius 3 is 2.44 bits per heavy atom. The Morgan fingerprint density at radius 2 is 1.80 bits per heavy atom. The molecule has 2 aromatic carbocycles. The van der Waals surface area contributed by atoms with Crippen LogP contribution in [0.5, 0.6) is 5.75 Å². The van der Waals surface area contributed by atoms with Crippen LogP contribution in [0.1, 0.15) is 11.1 Å². The molecule has 0 aliphatic heterocycles. The monoisotopic (exact) mass is 362 g/mol. The number of ether oxygens (including phenoxy) is 1. The lowest BCUT2D eigenvalue weighted by atomic mass is 10.2. The third-order valence-corrected chi connectivity index (χ3v) is 5.50. The molecule has 0 aliphatic rings. The van der Waals surface area contributed by atoms with Crippen molar-refractivity contribution in [3.05, 3.63) is 53.6 Å². The van der Waals surface area contributed by atoms with Gasteiger partial charge in [0.15, 0.2) is 0 Å². The van der Waals surface area contributed by atoms with E-state index in [0.29, 0.717) is 5.69 Å². The average Bonchev–Trinajstić information content (AvgIpc) is 2.54. The second-order valence-electron chi connectivity index (χ2n) is 5.83. The lowest BCUT2D eigenvalue weighted by molar-refractivity contribution is -0.116. The molecule has 6 nitrogen and oxygen atoms in total. The molecule has 25 heavy (non-hydrogen) atoms. The van der Waals surface area contributed by atoms with Crippen LogP contribution >= 0.6 is 0 Å². The fourth-order valence-corrected chi connectivity index (χ4v) is 3.73. The van der Waals surface area contributed by atoms with Crippen molar-refractivity contribution in [3.63, 3.8) is 0 Å².